The van der Waals surface area contributed by atoms with Gasteiger partial charge in [-0.05, 0) is 25.7 Å². The maximum atomic E-state index is 5.40. The molecule has 0 bridgehead atoms. The molecule has 22 heavy (non-hydrogen) atoms. The normalized spacial score (nSPS) is 16.1. The minimum absolute atomic E-state index is 0.314. The van der Waals surface area contributed by atoms with Crippen LogP contribution in [0.1, 0.15) is 56.8 Å². The summed E-state index contributed by atoms with van der Waals surface area (Å²) in [5, 5.41) is 3.98. The molecule has 0 aliphatic carbocycles. The standard InChI is InChI=1S/C17H24N4O/c1-12(2)16-14(15-10-13(3)20-22-15)11-18-17(19-16)21-8-6-4-5-7-9-21/h10-12H,4-9H2,1-3H3. The Kier molecular flexibility index (Phi) is 4.41. The summed E-state index contributed by atoms with van der Waals surface area (Å²) in [6, 6.07) is 1.94. The summed E-state index contributed by atoms with van der Waals surface area (Å²) >= 11 is 0. The molecule has 0 unspecified atom stereocenters. The van der Waals surface area contributed by atoms with Crippen LogP contribution < -0.4 is 4.90 Å². The lowest BCUT2D eigenvalue weighted by Crippen LogP contribution is -2.26. The number of aromatic nitrogens is 3. The van der Waals surface area contributed by atoms with Gasteiger partial charge >= 0.3 is 0 Å². The van der Waals surface area contributed by atoms with Gasteiger partial charge in [0.15, 0.2) is 5.76 Å². The molecule has 0 aromatic carbocycles. The van der Waals surface area contributed by atoms with E-state index in [0.29, 0.717) is 5.92 Å². The van der Waals surface area contributed by atoms with Crippen LogP contribution in [0.2, 0.25) is 0 Å². The molecule has 5 nitrogen and oxygen atoms in total. The number of nitrogens with zero attached hydrogens (tertiary/aromatic N) is 4. The topological polar surface area (TPSA) is 55.1 Å². The minimum atomic E-state index is 0.314. The molecule has 1 aliphatic rings. The summed E-state index contributed by atoms with van der Waals surface area (Å²) in [4.78, 5) is 11.8. The monoisotopic (exact) mass is 300 g/mol. The van der Waals surface area contributed by atoms with Crippen molar-refractivity contribution < 1.29 is 4.52 Å². The molecule has 0 N–H and O–H groups in total. The van der Waals surface area contributed by atoms with Gasteiger partial charge in [0.2, 0.25) is 5.95 Å². The van der Waals surface area contributed by atoms with Gasteiger partial charge < -0.3 is 9.42 Å². The van der Waals surface area contributed by atoms with E-state index in [1.54, 1.807) is 0 Å². The van der Waals surface area contributed by atoms with E-state index in [-0.39, 0.29) is 0 Å². The van der Waals surface area contributed by atoms with Crippen molar-refractivity contribution in [2.45, 2.75) is 52.4 Å². The van der Waals surface area contributed by atoms with Crippen LogP contribution in [0.25, 0.3) is 11.3 Å². The first kappa shape index (κ1) is 15.0. The van der Waals surface area contributed by atoms with Crippen LogP contribution >= 0.6 is 0 Å². The summed E-state index contributed by atoms with van der Waals surface area (Å²) in [5.74, 6) is 1.92. The molecule has 0 atom stereocenters. The Bertz CT molecular complexity index is 627. The zero-order valence-electron chi connectivity index (χ0n) is 13.7. The number of hydrogen-bond acceptors (Lipinski definition) is 5. The van der Waals surface area contributed by atoms with Gasteiger partial charge in [0.05, 0.1) is 17.0 Å². The summed E-state index contributed by atoms with van der Waals surface area (Å²) in [6.45, 7) is 8.34. The van der Waals surface area contributed by atoms with Crippen molar-refractivity contribution in [2.24, 2.45) is 0 Å². The van der Waals surface area contributed by atoms with Crippen LogP contribution in [0.5, 0.6) is 0 Å². The third-order valence-electron chi connectivity index (χ3n) is 4.13. The second kappa shape index (κ2) is 6.46. The molecular formula is C17H24N4O. The zero-order chi connectivity index (χ0) is 15.5. The molecule has 1 aliphatic heterocycles. The largest absolute Gasteiger partial charge is 0.356 e. The minimum Gasteiger partial charge on any atom is -0.356 e. The number of anilines is 1. The summed E-state index contributed by atoms with van der Waals surface area (Å²) in [6.07, 6.45) is 6.96. The molecule has 3 rings (SSSR count). The Morgan fingerprint density at radius 2 is 1.86 bits per heavy atom. The fraction of sp³-hybridized carbons (Fsp3) is 0.588. The first-order chi connectivity index (χ1) is 10.6. The lowest BCUT2D eigenvalue weighted by molar-refractivity contribution is 0.426. The maximum Gasteiger partial charge on any atom is 0.225 e. The smallest absolute Gasteiger partial charge is 0.225 e. The third-order valence-corrected chi connectivity index (χ3v) is 4.13. The van der Waals surface area contributed by atoms with Crippen molar-refractivity contribution in [1.29, 1.82) is 0 Å². The van der Waals surface area contributed by atoms with Gasteiger partial charge in [-0.3, -0.25) is 0 Å². The Morgan fingerprint density at radius 1 is 1.14 bits per heavy atom. The van der Waals surface area contributed by atoms with Crippen molar-refractivity contribution in [3.8, 4) is 11.3 Å². The Hall–Kier alpha value is -1.91. The Balaban J connectivity index is 1.96. The van der Waals surface area contributed by atoms with Gasteiger partial charge in [-0.25, -0.2) is 9.97 Å². The summed E-state index contributed by atoms with van der Waals surface area (Å²) < 4.78 is 5.40. The molecule has 0 radical (unpaired) electrons. The van der Waals surface area contributed by atoms with E-state index in [9.17, 15) is 0 Å². The van der Waals surface area contributed by atoms with Crippen molar-refractivity contribution in [1.82, 2.24) is 15.1 Å². The summed E-state index contributed by atoms with van der Waals surface area (Å²) in [5.41, 5.74) is 2.86. The van der Waals surface area contributed by atoms with E-state index in [4.69, 9.17) is 9.51 Å². The fourth-order valence-electron chi connectivity index (χ4n) is 2.93. The maximum absolute atomic E-state index is 5.40. The Morgan fingerprint density at radius 3 is 2.45 bits per heavy atom. The van der Waals surface area contributed by atoms with E-state index in [2.05, 4.69) is 28.9 Å². The predicted octanol–water partition coefficient (Wildman–Crippen LogP) is 3.94. The lowest BCUT2D eigenvalue weighted by Gasteiger charge is -2.21. The van der Waals surface area contributed by atoms with Gasteiger partial charge in [-0.2, -0.15) is 0 Å². The van der Waals surface area contributed by atoms with E-state index < -0.39 is 0 Å². The molecule has 5 heteroatoms. The van der Waals surface area contributed by atoms with Crippen LogP contribution in [0.3, 0.4) is 0 Å². The average Bonchev–Trinajstić information content (AvgIpc) is 2.77. The second-order valence-corrected chi connectivity index (χ2v) is 6.36. The quantitative estimate of drug-likeness (QED) is 0.859. The molecule has 1 saturated heterocycles. The highest BCUT2D eigenvalue weighted by molar-refractivity contribution is 5.61. The highest BCUT2D eigenvalue weighted by Crippen LogP contribution is 2.29. The van der Waals surface area contributed by atoms with Gasteiger partial charge in [-0.15, -0.1) is 0 Å². The van der Waals surface area contributed by atoms with Crippen LogP contribution in [0, 0.1) is 6.92 Å². The molecule has 0 amide bonds. The number of aryl methyl sites for hydroxylation is 1. The van der Waals surface area contributed by atoms with E-state index in [0.717, 1.165) is 41.7 Å². The van der Waals surface area contributed by atoms with Gasteiger partial charge in [0.25, 0.3) is 0 Å². The third kappa shape index (κ3) is 3.13. The number of rotatable bonds is 3. The molecular weight excluding hydrogens is 276 g/mol. The average molecular weight is 300 g/mol. The van der Waals surface area contributed by atoms with E-state index >= 15 is 0 Å². The van der Waals surface area contributed by atoms with E-state index in [1.807, 2.05) is 19.2 Å². The van der Waals surface area contributed by atoms with Crippen molar-refractivity contribution in [3.63, 3.8) is 0 Å². The Labute approximate surface area is 131 Å². The first-order valence-corrected chi connectivity index (χ1v) is 8.20. The van der Waals surface area contributed by atoms with Crippen LogP contribution in [0.15, 0.2) is 16.8 Å². The molecule has 118 valence electrons. The van der Waals surface area contributed by atoms with Crippen LogP contribution in [-0.4, -0.2) is 28.2 Å². The van der Waals surface area contributed by atoms with Crippen LogP contribution in [-0.2, 0) is 0 Å². The zero-order valence-corrected chi connectivity index (χ0v) is 13.7. The summed E-state index contributed by atoms with van der Waals surface area (Å²) in [7, 11) is 0. The second-order valence-electron chi connectivity index (χ2n) is 6.36. The fourth-order valence-corrected chi connectivity index (χ4v) is 2.93. The first-order valence-electron chi connectivity index (χ1n) is 8.20. The molecule has 1 fully saturated rings. The van der Waals surface area contributed by atoms with Crippen LogP contribution in [0.4, 0.5) is 5.95 Å². The molecule has 3 heterocycles. The number of hydrogen-bond donors (Lipinski definition) is 0. The van der Waals surface area contributed by atoms with Crippen molar-refractivity contribution >= 4 is 5.95 Å². The van der Waals surface area contributed by atoms with Gasteiger partial charge in [0, 0.05) is 25.4 Å². The molecule has 2 aromatic heterocycles. The van der Waals surface area contributed by atoms with E-state index in [1.165, 1.54) is 25.7 Å². The molecule has 0 saturated carbocycles. The highest BCUT2D eigenvalue weighted by Gasteiger charge is 2.19. The molecule has 2 aromatic rings. The lowest BCUT2D eigenvalue weighted by atomic mass is 10.0. The molecule has 0 spiro atoms. The SMILES string of the molecule is Cc1cc(-c2cnc(N3CCCCCC3)nc2C(C)C)on1. The van der Waals surface area contributed by atoms with Crippen molar-refractivity contribution in [2.75, 3.05) is 18.0 Å². The highest BCUT2D eigenvalue weighted by atomic mass is 16.5. The van der Waals surface area contributed by atoms with Gasteiger partial charge in [-0.1, -0.05) is 31.8 Å². The van der Waals surface area contributed by atoms with Gasteiger partial charge in [0.1, 0.15) is 0 Å². The van der Waals surface area contributed by atoms with Crippen molar-refractivity contribution in [3.05, 3.63) is 23.7 Å². The predicted molar refractivity (Wildman–Crippen MR) is 87.0 cm³/mol.